The molecule has 15 heteroatoms. The number of benzene rings is 2. The number of carbonyl (C=O) groups is 2. The predicted molar refractivity (Wildman–Crippen MR) is 152 cm³/mol. The smallest absolute Gasteiger partial charge is 0.418 e. The van der Waals surface area contributed by atoms with Crippen LogP contribution in [0, 0.1) is 18.6 Å². The summed E-state index contributed by atoms with van der Waals surface area (Å²) in [6, 6.07) is 5.26. The minimum atomic E-state index is -4.73. The Morgan fingerprint density at radius 1 is 0.978 bits per heavy atom. The van der Waals surface area contributed by atoms with Gasteiger partial charge < -0.3 is 15.4 Å². The number of aromatic nitrogens is 2. The summed E-state index contributed by atoms with van der Waals surface area (Å²) >= 11 is 0. The van der Waals surface area contributed by atoms with E-state index in [9.17, 15) is 44.7 Å². The topological polar surface area (TPSA) is 93.2 Å². The van der Waals surface area contributed by atoms with Crippen molar-refractivity contribution >= 4 is 28.5 Å². The van der Waals surface area contributed by atoms with E-state index < -0.39 is 71.2 Å². The molecule has 0 aliphatic heterocycles. The third-order valence-electron chi connectivity index (χ3n) is 7.08. The lowest BCUT2D eigenvalue weighted by molar-refractivity contribution is -0.143. The van der Waals surface area contributed by atoms with E-state index in [1.807, 2.05) is 5.32 Å². The van der Waals surface area contributed by atoms with Gasteiger partial charge in [-0.05, 0) is 49.2 Å². The van der Waals surface area contributed by atoms with Crippen molar-refractivity contribution in [1.29, 1.82) is 0 Å². The first-order chi connectivity index (χ1) is 21.5. The first-order valence-corrected chi connectivity index (χ1v) is 13.7. The number of nitrogens with one attached hydrogen (secondary N) is 2. The van der Waals surface area contributed by atoms with Crippen molar-refractivity contribution in [3.63, 3.8) is 0 Å². The van der Waals surface area contributed by atoms with E-state index in [2.05, 4.69) is 15.3 Å². The largest absolute Gasteiger partial charge is 0.467 e. The lowest BCUT2D eigenvalue weighted by Crippen LogP contribution is -2.43. The van der Waals surface area contributed by atoms with Crippen LogP contribution in [0.15, 0.2) is 54.7 Å². The number of carbonyl (C=O) groups excluding carboxylic acids is 2. The van der Waals surface area contributed by atoms with Gasteiger partial charge in [0, 0.05) is 34.9 Å². The zero-order chi connectivity index (χ0) is 34.0. The highest BCUT2D eigenvalue weighted by Gasteiger charge is 2.39. The molecule has 1 amide bonds. The number of ether oxygens (including phenoxy) is 1. The van der Waals surface area contributed by atoms with Crippen LogP contribution in [0.4, 0.5) is 40.8 Å². The lowest BCUT2D eigenvalue weighted by Gasteiger charge is -2.22. The molecular formula is C31H26F8N4O3. The van der Waals surface area contributed by atoms with Crippen LogP contribution in [0.1, 0.15) is 40.5 Å². The van der Waals surface area contributed by atoms with Crippen LogP contribution in [0.25, 0.3) is 22.2 Å². The number of rotatable bonds is 9. The van der Waals surface area contributed by atoms with Crippen molar-refractivity contribution in [3.05, 3.63) is 88.7 Å². The van der Waals surface area contributed by atoms with Gasteiger partial charge in [0.1, 0.15) is 29.3 Å². The molecule has 0 aliphatic carbocycles. The molecule has 0 radical (unpaired) electrons. The van der Waals surface area contributed by atoms with Crippen LogP contribution in [-0.2, 0) is 22.1 Å². The zero-order valence-corrected chi connectivity index (χ0v) is 24.4. The Balaban J connectivity index is 1.68. The van der Waals surface area contributed by atoms with Crippen molar-refractivity contribution in [1.82, 2.24) is 15.3 Å². The average molecular weight is 655 g/mol. The van der Waals surface area contributed by atoms with Gasteiger partial charge in [0.15, 0.2) is 0 Å². The summed E-state index contributed by atoms with van der Waals surface area (Å²) in [4.78, 5) is 34.0. The molecule has 0 spiro atoms. The summed E-state index contributed by atoms with van der Waals surface area (Å²) in [5.74, 6) is -5.42. The maximum Gasteiger partial charge on any atom is 0.418 e. The Hall–Kier alpha value is -4.82. The molecule has 4 aromatic rings. The molecule has 0 bridgehead atoms. The molecule has 0 unspecified atom stereocenters. The second-order valence-electron chi connectivity index (χ2n) is 10.2. The standard InChI is InChI=1S/C31H26F8N4O3/c1-4-24(31(37,38)39)42-17-13-21(32)25(22(33)14-17)28(44)43-23(29(45)46-3)12-16-8-9-19(26-18(16)6-5-11-40-26)27-20(30(34,35)36)10-7-15(2)41-27/h5-11,13-14,23-24,42H,4,12H2,1-3H3,(H,43,44)/t23-,24+/m0/s1. The number of fused-ring (bicyclic) bond motifs is 1. The highest BCUT2D eigenvalue weighted by Crippen LogP contribution is 2.39. The zero-order valence-electron chi connectivity index (χ0n) is 24.4. The number of amides is 1. The third-order valence-corrected chi connectivity index (χ3v) is 7.08. The first-order valence-electron chi connectivity index (χ1n) is 13.7. The molecule has 0 saturated heterocycles. The summed E-state index contributed by atoms with van der Waals surface area (Å²) in [6.07, 6.45) is -8.88. The van der Waals surface area contributed by atoms with E-state index in [1.165, 1.54) is 50.4 Å². The van der Waals surface area contributed by atoms with Crippen LogP contribution in [0.2, 0.25) is 0 Å². The second-order valence-corrected chi connectivity index (χ2v) is 10.2. The SMILES string of the molecule is CC[C@@H](Nc1cc(F)c(C(=O)N[C@@H](Cc2ccc(-c3nc(C)ccc3C(F)(F)F)c3ncccc23)C(=O)OC)c(F)c1)C(F)(F)F. The van der Waals surface area contributed by atoms with Crippen molar-refractivity contribution in [2.75, 3.05) is 12.4 Å². The number of hydrogen-bond donors (Lipinski definition) is 2. The van der Waals surface area contributed by atoms with Gasteiger partial charge in [-0.25, -0.2) is 13.6 Å². The van der Waals surface area contributed by atoms with Crippen molar-refractivity contribution in [3.8, 4) is 11.3 Å². The summed E-state index contributed by atoms with van der Waals surface area (Å²) < 4.78 is 115. The van der Waals surface area contributed by atoms with E-state index >= 15 is 0 Å². The average Bonchev–Trinajstić information content (AvgIpc) is 2.97. The Morgan fingerprint density at radius 2 is 1.65 bits per heavy atom. The number of aryl methyl sites for hydroxylation is 1. The molecule has 46 heavy (non-hydrogen) atoms. The first kappa shape index (κ1) is 34.1. The Bertz CT molecular complexity index is 1750. The Kier molecular flexibility index (Phi) is 9.82. The molecular weight excluding hydrogens is 628 g/mol. The number of esters is 1. The Labute approximate surface area is 257 Å². The molecule has 2 aromatic heterocycles. The highest BCUT2D eigenvalue weighted by atomic mass is 19.4. The van der Waals surface area contributed by atoms with Gasteiger partial charge in [0.2, 0.25) is 0 Å². The molecule has 4 rings (SSSR count). The minimum Gasteiger partial charge on any atom is -0.467 e. The molecule has 2 heterocycles. The number of pyridine rings is 2. The maximum atomic E-state index is 14.9. The van der Waals surface area contributed by atoms with Gasteiger partial charge in [0.05, 0.1) is 23.9 Å². The van der Waals surface area contributed by atoms with Crippen LogP contribution >= 0.6 is 0 Å². The predicted octanol–water partition coefficient (Wildman–Crippen LogP) is 7.17. The molecule has 0 fully saturated rings. The molecule has 2 N–H and O–H groups in total. The van der Waals surface area contributed by atoms with Crippen LogP contribution in [0.5, 0.6) is 0 Å². The number of halogens is 8. The van der Waals surface area contributed by atoms with E-state index in [1.54, 1.807) is 0 Å². The third kappa shape index (κ3) is 7.35. The normalized spacial score (nSPS) is 13.3. The van der Waals surface area contributed by atoms with E-state index in [0.29, 0.717) is 28.8 Å². The number of hydrogen-bond acceptors (Lipinski definition) is 6. The fraction of sp³-hybridized carbons (Fsp3) is 0.290. The fourth-order valence-electron chi connectivity index (χ4n) is 4.87. The highest BCUT2D eigenvalue weighted by molar-refractivity contribution is 5.99. The lowest BCUT2D eigenvalue weighted by atomic mass is 9.95. The molecule has 0 aliphatic rings. The van der Waals surface area contributed by atoms with Crippen LogP contribution in [-0.4, -0.2) is 47.2 Å². The Morgan fingerprint density at radius 3 is 2.24 bits per heavy atom. The van der Waals surface area contributed by atoms with Gasteiger partial charge >= 0.3 is 18.3 Å². The van der Waals surface area contributed by atoms with Crippen molar-refractivity contribution in [2.24, 2.45) is 0 Å². The summed E-state index contributed by atoms with van der Waals surface area (Å²) in [5, 5.41) is 4.46. The van der Waals surface area contributed by atoms with Crippen LogP contribution < -0.4 is 10.6 Å². The van der Waals surface area contributed by atoms with E-state index in [4.69, 9.17) is 4.74 Å². The number of methoxy groups -OCH3 is 1. The van der Waals surface area contributed by atoms with Gasteiger partial charge in [0.25, 0.3) is 5.91 Å². The second kappa shape index (κ2) is 13.3. The van der Waals surface area contributed by atoms with E-state index in [0.717, 1.165) is 13.2 Å². The monoisotopic (exact) mass is 654 g/mol. The van der Waals surface area contributed by atoms with Gasteiger partial charge in [-0.1, -0.05) is 25.1 Å². The van der Waals surface area contributed by atoms with Gasteiger partial charge in [-0.2, -0.15) is 26.3 Å². The summed E-state index contributed by atoms with van der Waals surface area (Å²) in [6.45, 7) is 2.75. The fourth-order valence-corrected chi connectivity index (χ4v) is 4.87. The number of anilines is 1. The summed E-state index contributed by atoms with van der Waals surface area (Å²) in [5.41, 5.74) is -2.31. The molecule has 2 atom stereocenters. The number of nitrogens with zero attached hydrogens (tertiary/aromatic N) is 2. The van der Waals surface area contributed by atoms with Crippen molar-refractivity contribution < 1.29 is 49.4 Å². The number of alkyl halides is 6. The van der Waals surface area contributed by atoms with Gasteiger partial charge in [-0.3, -0.25) is 14.8 Å². The van der Waals surface area contributed by atoms with E-state index in [-0.39, 0.29) is 23.2 Å². The molecule has 7 nitrogen and oxygen atoms in total. The molecule has 0 saturated carbocycles. The minimum absolute atomic E-state index is 0.0442. The maximum absolute atomic E-state index is 14.9. The van der Waals surface area contributed by atoms with Crippen molar-refractivity contribution in [2.45, 2.75) is 51.1 Å². The van der Waals surface area contributed by atoms with Crippen LogP contribution in [0.3, 0.4) is 0 Å². The molecule has 2 aromatic carbocycles. The molecule has 244 valence electrons. The van der Waals surface area contributed by atoms with Gasteiger partial charge in [-0.15, -0.1) is 0 Å². The quantitative estimate of drug-likeness (QED) is 0.147. The summed E-state index contributed by atoms with van der Waals surface area (Å²) in [7, 11) is 0.999.